The maximum absolute atomic E-state index is 6.46. The number of hydrogen-bond acceptors (Lipinski definition) is 2. The van der Waals surface area contributed by atoms with Gasteiger partial charge < -0.3 is 22.9 Å². The molecule has 1 aromatic rings. The number of unbranched alkanes of at least 4 members (excludes halogenated alkanes) is 1. The summed E-state index contributed by atoms with van der Waals surface area (Å²) in [6.07, 6.45) is 11.2. The van der Waals surface area contributed by atoms with Gasteiger partial charge in [-0.15, -0.1) is 0 Å². The number of aromatic nitrogens is 1. The van der Waals surface area contributed by atoms with Gasteiger partial charge in [-0.05, 0) is 42.9 Å². The first kappa shape index (κ1) is 19.7. The minimum atomic E-state index is -0.106. The standard InChI is InChI=1S/C20H33N2O.ClH/c1-16-10-11-17-19(2,3)20(17,15-16)23-18(21)9-5-8-14-22-12-6-4-7-13-22;/h4,6-7,12-13,16-18H,5,8-11,14-15,21H2,1-3H3;1H/q+1;/p-1. The molecule has 4 heteroatoms. The van der Waals surface area contributed by atoms with Crippen molar-refractivity contribution in [3.8, 4) is 0 Å². The number of pyridine rings is 1. The fourth-order valence-corrected chi connectivity index (χ4v) is 4.83. The van der Waals surface area contributed by atoms with Gasteiger partial charge in [0.2, 0.25) is 0 Å². The van der Waals surface area contributed by atoms with Crippen LogP contribution in [0.25, 0.3) is 0 Å². The molecule has 0 aromatic carbocycles. The van der Waals surface area contributed by atoms with Gasteiger partial charge in [0, 0.05) is 18.6 Å². The molecule has 1 heterocycles. The number of aryl methyl sites for hydroxylation is 1. The lowest BCUT2D eigenvalue weighted by atomic mass is 9.88. The molecule has 0 aliphatic heterocycles. The second kappa shape index (κ2) is 7.72. The van der Waals surface area contributed by atoms with Crippen LogP contribution in [0.5, 0.6) is 0 Å². The van der Waals surface area contributed by atoms with Crippen LogP contribution >= 0.6 is 0 Å². The average molecular weight is 353 g/mol. The van der Waals surface area contributed by atoms with Crippen molar-refractivity contribution in [2.75, 3.05) is 0 Å². The molecule has 3 nitrogen and oxygen atoms in total. The summed E-state index contributed by atoms with van der Waals surface area (Å²) in [6.45, 7) is 8.16. The molecule has 0 radical (unpaired) electrons. The molecule has 0 saturated heterocycles. The van der Waals surface area contributed by atoms with E-state index >= 15 is 0 Å². The number of nitrogens with zero attached hydrogens (tertiary/aromatic N) is 1. The Morgan fingerprint density at radius 1 is 1.17 bits per heavy atom. The molecule has 4 atom stereocenters. The molecular weight excluding hydrogens is 320 g/mol. The first-order chi connectivity index (χ1) is 11.0. The Bertz CT molecular complexity index is 522. The first-order valence-corrected chi connectivity index (χ1v) is 9.33. The summed E-state index contributed by atoms with van der Waals surface area (Å²) in [5.74, 6) is 1.49. The van der Waals surface area contributed by atoms with Crippen molar-refractivity contribution in [3.63, 3.8) is 0 Å². The maximum atomic E-state index is 6.46. The van der Waals surface area contributed by atoms with E-state index in [0.717, 1.165) is 37.6 Å². The van der Waals surface area contributed by atoms with E-state index in [1.807, 2.05) is 0 Å². The highest BCUT2D eigenvalue weighted by Crippen LogP contribution is 2.71. The molecule has 2 N–H and O–H groups in total. The Hall–Kier alpha value is -0.640. The second-order valence-electron chi connectivity index (χ2n) is 8.32. The van der Waals surface area contributed by atoms with Crippen LogP contribution in [0, 0.1) is 17.3 Å². The Kier molecular flexibility index (Phi) is 6.33. The van der Waals surface area contributed by atoms with Crippen molar-refractivity contribution in [3.05, 3.63) is 30.6 Å². The van der Waals surface area contributed by atoms with Crippen molar-refractivity contribution in [1.29, 1.82) is 0 Å². The molecule has 2 aliphatic rings. The Morgan fingerprint density at radius 2 is 1.88 bits per heavy atom. The molecular formula is C20H33ClN2O. The molecule has 4 unspecified atom stereocenters. The fraction of sp³-hybridized carbons (Fsp3) is 0.750. The number of ether oxygens (including phenoxy) is 1. The zero-order valence-corrected chi connectivity index (χ0v) is 16.1. The first-order valence-electron chi connectivity index (χ1n) is 9.33. The highest BCUT2D eigenvalue weighted by Gasteiger charge is 2.73. The van der Waals surface area contributed by atoms with Crippen LogP contribution in [0.15, 0.2) is 30.6 Å². The number of fused-ring (bicyclic) bond motifs is 1. The second-order valence-corrected chi connectivity index (χ2v) is 8.32. The third-order valence-corrected chi connectivity index (χ3v) is 6.34. The fourth-order valence-electron chi connectivity index (χ4n) is 4.83. The third kappa shape index (κ3) is 3.79. The maximum Gasteiger partial charge on any atom is 0.168 e. The molecule has 0 spiro atoms. The molecule has 1 aromatic heterocycles. The van der Waals surface area contributed by atoms with Crippen molar-refractivity contribution in [2.24, 2.45) is 23.0 Å². The molecule has 2 fully saturated rings. The summed E-state index contributed by atoms with van der Waals surface area (Å²) < 4.78 is 8.69. The van der Waals surface area contributed by atoms with E-state index in [1.54, 1.807) is 0 Å². The molecule has 136 valence electrons. The van der Waals surface area contributed by atoms with E-state index < -0.39 is 0 Å². The Balaban J connectivity index is 0.00000208. The van der Waals surface area contributed by atoms with Crippen LogP contribution in [0.2, 0.25) is 0 Å². The number of hydrogen-bond donors (Lipinski definition) is 1. The number of halogens is 1. The Labute approximate surface area is 153 Å². The summed E-state index contributed by atoms with van der Waals surface area (Å²) in [5.41, 5.74) is 6.72. The van der Waals surface area contributed by atoms with Crippen LogP contribution in [0.1, 0.15) is 59.3 Å². The van der Waals surface area contributed by atoms with E-state index in [9.17, 15) is 0 Å². The topological polar surface area (TPSA) is 39.1 Å². The predicted octanol–water partition coefficient (Wildman–Crippen LogP) is 0.665. The van der Waals surface area contributed by atoms with Crippen molar-refractivity contribution in [2.45, 2.75) is 77.7 Å². The van der Waals surface area contributed by atoms with Gasteiger partial charge in [-0.25, -0.2) is 4.57 Å². The quantitative estimate of drug-likeness (QED) is 0.445. The largest absolute Gasteiger partial charge is 1.00 e. The van der Waals surface area contributed by atoms with Gasteiger partial charge >= 0.3 is 0 Å². The summed E-state index contributed by atoms with van der Waals surface area (Å²) in [7, 11) is 0. The van der Waals surface area contributed by atoms with E-state index in [4.69, 9.17) is 10.5 Å². The lowest BCUT2D eigenvalue weighted by molar-refractivity contribution is -0.697. The van der Waals surface area contributed by atoms with Gasteiger partial charge in [0.05, 0.1) is 5.60 Å². The van der Waals surface area contributed by atoms with Crippen LogP contribution in [-0.4, -0.2) is 11.8 Å². The van der Waals surface area contributed by atoms with Gasteiger partial charge in [-0.1, -0.05) is 33.3 Å². The highest BCUT2D eigenvalue weighted by atomic mass is 35.5. The molecule has 0 bridgehead atoms. The minimum absolute atomic E-state index is 0. The molecule has 24 heavy (non-hydrogen) atoms. The normalized spacial score (nSPS) is 31.7. The van der Waals surface area contributed by atoms with Crippen molar-refractivity contribution >= 4 is 0 Å². The van der Waals surface area contributed by atoms with E-state index in [-0.39, 0.29) is 24.2 Å². The van der Waals surface area contributed by atoms with Gasteiger partial charge in [-0.2, -0.15) is 0 Å². The SMILES string of the molecule is CC1CCC2C(C)(C)C2(OC(N)CCCC[n+]2ccccc2)C1.[Cl-]. The lowest BCUT2D eigenvalue weighted by Gasteiger charge is -2.31. The van der Waals surface area contributed by atoms with E-state index in [0.29, 0.717) is 5.41 Å². The van der Waals surface area contributed by atoms with E-state index in [2.05, 4.69) is 55.9 Å². The third-order valence-electron chi connectivity index (χ3n) is 6.34. The van der Waals surface area contributed by atoms with Gasteiger partial charge in [0.25, 0.3) is 0 Å². The van der Waals surface area contributed by atoms with Gasteiger partial charge in [0.1, 0.15) is 12.8 Å². The summed E-state index contributed by atoms with van der Waals surface area (Å²) in [6, 6.07) is 6.21. The zero-order chi connectivity index (χ0) is 16.5. The van der Waals surface area contributed by atoms with Crippen LogP contribution in [-0.2, 0) is 11.3 Å². The van der Waals surface area contributed by atoms with Crippen LogP contribution in [0.4, 0.5) is 0 Å². The summed E-state index contributed by atoms with van der Waals surface area (Å²) in [4.78, 5) is 0. The minimum Gasteiger partial charge on any atom is -1.00 e. The van der Waals surface area contributed by atoms with Gasteiger partial charge in [-0.3, -0.25) is 0 Å². The predicted molar refractivity (Wildman–Crippen MR) is 92.6 cm³/mol. The van der Waals surface area contributed by atoms with Crippen molar-refractivity contribution in [1.82, 2.24) is 0 Å². The summed E-state index contributed by atoms with van der Waals surface area (Å²) >= 11 is 0. The smallest absolute Gasteiger partial charge is 0.168 e. The number of nitrogens with two attached hydrogens (primary N) is 1. The molecule has 2 saturated carbocycles. The summed E-state index contributed by atoms with van der Waals surface area (Å²) in [5, 5.41) is 0. The van der Waals surface area contributed by atoms with Crippen LogP contribution in [0.3, 0.4) is 0 Å². The van der Waals surface area contributed by atoms with Crippen LogP contribution < -0.4 is 22.7 Å². The number of rotatable bonds is 7. The average Bonchev–Trinajstić information content (AvgIpc) is 2.98. The molecule has 0 amide bonds. The van der Waals surface area contributed by atoms with E-state index in [1.165, 1.54) is 19.3 Å². The zero-order valence-electron chi connectivity index (χ0n) is 15.4. The van der Waals surface area contributed by atoms with Crippen molar-refractivity contribution < 1.29 is 21.7 Å². The van der Waals surface area contributed by atoms with Gasteiger partial charge in [0.15, 0.2) is 12.4 Å². The molecule has 2 aliphatic carbocycles. The monoisotopic (exact) mass is 352 g/mol. The molecule has 3 rings (SSSR count). The lowest BCUT2D eigenvalue weighted by Crippen LogP contribution is -3.00. The Morgan fingerprint density at radius 3 is 2.58 bits per heavy atom. The highest BCUT2D eigenvalue weighted by molar-refractivity contribution is 5.22.